The van der Waals surface area contributed by atoms with E-state index >= 15 is 0 Å². The first kappa shape index (κ1) is 26.5. The summed E-state index contributed by atoms with van der Waals surface area (Å²) in [6.07, 6.45) is 1.57. The van der Waals surface area contributed by atoms with Crippen LogP contribution in [0.2, 0.25) is 15.1 Å². The second-order valence-corrected chi connectivity index (χ2v) is 10.4. The zero-order chi connectivity index (χ0) is 27.5. The van der Waals surface area contributed by atoms with Crippen molar-refractivity contribution in [3.63, 3.8) is 0 Å². The van der Waals surface area contributed by atoms with Crippen molar-refractivity contribution in [2.24, 2.45) is 0 Å². The van der Waals surface area contributed by atoms with Crippen LogP contribution in [0, 0.1) is 11.3 Å². The molecule has 0 saturated heterocycles. The smallest absolute Gasteiger partial charge is 0.273 e. The van der Waals surface area contributed by atoms with E-state index in [0.717, 1.165) is 11.3 Å². The minimum atomic E-state index is -0.738. The van der Waals surface area contributed by atoms with Gasteiger partial charge in [0, 0.05) is 16.7 Å². The Morgan fingerprint density at radius 1 is 0.949 bits per heavy atom. The van der Waals surface area contributed by atoms with Crippen molar-refractivity contribution < 1.29 is 9.21 Å². The average Bonchev–Trinajstić information content (AvgIpc) is 3.52. The van der Waals surface area contributed by atoms with E-state index in [1.165, 1.54) is 16.7 Å². The number of amides is 1. The summed E-state index contributed by atoms with van der Waals surface area (Å²) in [5, 5.41) is 13.8. The van der Waals surface area contributed by atoms with Gasteiger partial charge in [-0.3, -0.25) is 14.2 Å². The summed E-state index contributed by atoms with van der Waals surface area (Å²) in [5.74, 6) is 0.205. The fourth-order valence-electron chi connectivity index (χ4n) is 3.80. The molecule has 39 heavy (non-hydrogen) atoms. The zero-order valence-corrected chi connectivity index (χ0v) is 22.9. The number of thiazole rings is 1. The predicted octanol–water partition coefficient (Wildman–Crippen LogP) is 6.26. The molecule has 0 bridgehead atoms. The maximum absolute atomic E-state index is 13.6. The Morgan fingerprint density at radius 2 is 1.69 bits per heavy atom. The lowest BCUT2D eigenvalue weighted by Gasteiger charge is -2.07. The third kappa shape index (κ3) is 5.56. The van der Waals surface area contributed by atoms with Crippen LogP contribution in [-0.2, 0) is 4.79 Å². The number of aromatic nitrogens is 1. The number of nitrogens with zero attached hydrogens (tertiary/aromatic N) is 2. The van der Waals surface area contributed by atoms with Crippen LogP contribution in [0.3, 0.4) is 0 Å². The summed E-state index contributed by atoms with van der Waals surface area (Å²) >= 11 is 19.5. The van der Waals surface area contributed by atoms with Crippen molar-refractivity contribution in [1.82, 2.24) is 4.57 Å². The maximum atomic E-state index is 13.6. The highest BCUT2D eigenvalue weighted by Crippen LogP contribution is 2.29. The van der Waals surface area contributed by atoms with Crippen LogP contribution in [0.15, 0.2) is 94.1 Å². The van der Waals surface area contributed by atoms with E-state index in [9.17, 15) is 14.9 Å². The third-order valence-electron chi connectivity index (χ3n) is 5.61. The van der Waals surface area contributed by atoms with Gasteiger partial charge >= 0.3 is 0 Å². The summed E-state index contributed by atoms with van der Waals surface area (Å²) in [6, 6.07) is 26.0. The number of carbonyl (C=O) groups is 1. The lowest BCUT2D eigenvalue weighted by molar-refractivity contribution is -0.111. The third-order valence-corrected chi connectivity index (χ3v) is 7.59. The number of anilines is 1. The molecule has 1 amide bonds. The quantitative estimate of drug-likeness (QED) is 0.261. The predicted molar refractivity (Wildman–Crippen MR) is 156 cm³/mol. The number of para-hydroxylation sites is 1. The van der Waals surface area contributed by atoms with Gasteiger partial charge in [-0.1, -0.05) is 65.1 Å². The molecule has 0 saturated carbocycles. The number of hydrogen-bond acceptors (Lipinski definition) is 5. The SMILES string of the molecule is N#CC(C(=O)Nc1cc(Cl)ccc1Cl)=c1sc(=Cc2ccc(-c3ccccc3Cl)o2)c(=O)n1-c1ccccc1. The average molecular weight is 593 g/mol. The number of hydrogen-bond donors (Lipinski definition) is 1. The van der Waals surface area contributed by atoms with E-state index in [-0.39, 0.29) is 25.5 Å². The summed E-state index contributed by atoms with van der Waals surface area (Å²) < 4.78 is 7.67. The minimum absolute atomic E-state index is 0.147. The summed E-state index contributed by atoms with van der Waals surface area (Å²) in [5.41, 5.74) is 0.752. The molecule has 1 N–H and O–H groups in total. The molecule has 0 spiro atoms. The second kappa shape index (κ2) is 11.4. The highest BCUT2D eigenvalue weighted by molar-refractivity contribution is 7.07. The summed E-state index contributed by atoms with van der Waals surface area (Å²) in [7, 11) is 0. The van der Waals surface area contributed by atoms with Crippen molar-refractivity contribution in [2.45, 2.75) is 0 Å². The molecule has 0 unspecified atom stereocenters. The molecule has 0 aliphatic heterocycles. The number of benzene rings is 3. The number of halogens is 3. The van der Waals surface area contributed by atoms with Crippen LogP contribution in [0.4, 0.5) is 5.69 Å². The number of carbonyl (C=O) groups excluding carboxylic acids is 1. The van der Waals surface area contributed by atoms with E-state index in [1.807, 2.05) is 24.3 Å². The Morgan fingerprint density at radius 3 is 2.44 bits per heavy atom. The van der Waals surface area contributed by atoms with Crippen molar-refractivity contribution in [2.75, 3.05) is 5.32 Å². The van der Waals surface area contributed by atoms with E-state index in [0.29, 0.717) is 32.8 Å². The van der Waals surface area contributed by atoms with Crippen molar-refractivity contribution in [1.29, 1.82) is 5.26 Å². The molecule has 6 nitrogen and oxygen atoms in total. The first-order valence-corrected chi connectivity index (χ1v) is 13.4. The Kier molecular flexibility index (Phi) is 7.73. The van der Waals surface area contributed by atoms with Crippen molar-refractivity contribution >= 4 is 69.4 Å². The highest BCUT2D eigenvalue weighted by Gasteiger charge is 2.18. The van der Waals surface area contributed by atoms with E-state index in [4.69, 9.17) is 39.2 Å². The van der Waals surface area contributed by atoms with Crippen LogP contribution in [0.5, 0.6) is 0 Å². The van der Waals surface area contributed by atoms with Gasteiger partial charge in [-0.25, -0.2) is 0 Å². The fraction of sp³-hybridized carbons (Fsp3) is 0. The Hall–Kier alpha value is -4.06. The monoisotopic (exact) mass is 591 g/mol. The van der Waals surface area contributed by atoms with Gasteiger partial charge in [0.1, 0.15) is 22.3 Å². The molecule has 5 rings (SSSR count). The van der Waals surface area contributed by atoms with E-state index < -0.39 is 11.5 Å². The molecule has 10 heteroatoms. The molecular formula is C29H16Cl3N3O3S. The molecule has 0 aliphatic rings. The van der Waals surface area contributed by atoms with Crippen LogP contribution >= 0.6 is 46.1 Å². The number of nitrogens with one attached hydrogen (secondary N) is 1. The number of nitriles is 1. The Bertz CT molecular complexity index is 1940. The lowest BCUT2D eigenvalue weighted by atomic mass is 10.2. The summed E-state index contributed by atoms with van der Waals surface area (Å²) in [4.78, 5) is 26.9. The van der Waals surface area contributed by atoms with Gasteiger partial charge in [0.05, 0.1) is 26.0 Å². The first-order valence-electron chi connectivity index (χ1n) is 11.4. The van der Waals surface area contributed by atoms with Gasteiger partial charge in [0.15, 0.2) is 5.57 Å². The molecule has 0 aliphatic carbocycles. The topological polar surface area (TPSA) is 88.0 Å². The normalized spacial score (nSPS) is 12.2. The van der Waals surface area contributed by atoms with Crippen LogP contribution in [0.1, 0.15) is 5.76 Å². The van der Waals surface area contributed by atoms with Gasteiger partial charge in [-0.2, -0.15) is 5.26 Å². The van der Waals surface area contributed by atoms with Crippen molar-refractivity contribution in [3.8, 4) is 23.1 Å². The van der Waals surface area contributed by atoms with Crippen LogP contribution in [0.25, 0.3) is 28.7 Å². The molecule has 2 aromatic heterocycles. The molecule has 0 radical (unpaired) electrons. The number of rotatable bonds is 5. The molecule has 0 atom stereocenters. The van der Waals surface area contributed by atoms with Gasteiger partial charge in [0.2, 0.25) is 0 Å². The van der Waals surface area contributed by atoms with Crippen molar-refractivity contribution in [3.05, 3.63) is 125 Å². The Labute approximate surface area is 241 Å². The Balaban J connectivity index is 1.67. The molecule has 0 fully saturated rings. The summed E-state index contributed by atoms with van der Waals surface area (Å²) in [6.45, 7) is 0. The largest absolute Gasteiger partial charge is 0.457 e. The highest BCUT2D eigenvalue weighted by atomic mass is 35.5. The molecular weight excluding hydrogens is 577 g/mol. The second-order valence-electron chi connectivity index (χ2n) is 8.14. The minimum Gasteiger partial charge on any atom is -0.457 e. The van der Waals surface area contributed by atoms with Gasteiger partial charge < -0.3 is 9.73 Å². The fourth-order valence-corrected chi connectivity index (χ4v) is 5.45. The van der Waals surface area contributed by atoms with Gasteiger partial charge in [-0.05, 0) is 54.6 Å². The van der Waals surface area contributed by atoms with Crippen LogP contribution in [-0.4, -0.2) is 10.5 Å². The standard InChI is InChI=1S/C29H16Cl3N3O3S/c30-17-10-12-23(32)24(14-17)34-27(36)21(16-33)29-35(18-6-2-1-3-7-18)28(37)26(39-29)15-19-11-13-25(38-19)20-8-4-5-9-22(20)31/h1-15H,(H,34,36). The van der Waals surface area contributed by atoms with E-state index in [1.54, 1.807) is 60.7 Å². The van der Waals surface area contributed by atoms with Gasteiger partial charge in [0.25, 0.3) is 11.5 Å². The number of furan rings is 1. The van der Waals surface area contributed by atoms with Crippen LogP contribution < -0.4 is 20.1 Å². The molecule has 192 valence electrons. The van der Waals surface area contributed by atoms with Gasteiger partial charge in [-0.15, -0.1) is 11.3 Å². The molecule has 5 aromatic rings. The zero-order valence-electron chi connectivity index (χ0n) is 19.8. The van der Waals surface area contributed by atoms with E-state index in [2.05, 4.69) is 5.32 Å². The maximum Gasteiger partial charge on any atom is 0.273 e. The molecule has 3 aromatic carbocycles. The molecule has 2 heterocycles. The lowest BCUT2D eigenvalue weighted by Crippen LogP contribution is -2.32. The first-order chi connectivity index (χ1) is 18.9.